The number of benzene rings is 2. The zero-order valence-electron chi connectivity index (χ0n) is 18.9. The second kappa shape index (κ2) is 8.81. The molecule has 0 unspecified atom stereocenters. The highest BCUT2D eigenvalue weighted by Gasteiger charge is 2.57. The number of amides is 2. The fourth-order valence-electron chi connectivity index (χ4n) is 5.30. The van der Waals surface area contributed by atoms with Crippen molar-refractivity contribution in [1.29, 1.82) is 0 Å². The van der Waals surface area contributed by atoms with Crippen LogP contribution in [0.4, 0.5) is 0 Å². The maximum Gasteiger partial charge on any atom is 0.253 e. The number of nitrogens with one attached hydrogen (secondary N) is 1. The minimum atomic E-state index is -0.426. The van der Waals surface area contributed by atoms with Gasteiger partial charge in [-0.15, -0.1) is 0 Å². The van der Waals surface area contributed by atoms with E-state index in [1.165, 1.54) is 5.56 Å². The summed E-state index contributed by atoms with van der Waals surface area (Å²) in [7, 11) is 0. The minimum absolute atomic E-state index is 0.0253. The summed E-state index contributed by atoms with van der Waals surface area (Å²) in [5.41, 5.74) is 1.52. The Morgan fingerprint density at radius 3 is 2.36 bits per heavy atom. The topological polar surface area (TPSA) is 82.2 Å². The molecule has 7 nitrogen and oxygen atoms in total. The molecule has 0 aliphatic carbocycles. The molecule has 0 saturated carbocycles. The molecule has 1 aromatic heterocycles. The maximum atomic E-state index is 13.1. The van der Waals surface area contributed by atoms with Crippen molar-refractivity contribution in [3.05, 3.63) is 83.4 Å². The Kier molecular flexibility index (Phi) is 5.70. The predicted molar refractivity (Wildman–Crippen MR) is 125 cm³/mol. The first-order valence-corrected chi connectivity index (χ1v) is 11.6. The Morgan fingerprint density at radius 2 is 1.67 bits per heavy atom. The smallest absolute Gasteiger partial charge is 0.253 e. The molecule has 7 heteroatoms. The van der Waals surface area contributed by atoms with Gasteiger partial charge < -0.3 is 9.80 Å². The van der Waals surface area contributed by atoms with Crippen LogP contribution in [-0.4, -0.2) is 63.0 Å². The van der Waals surface area contributed by atoms with Gasteiger partial charge in [-0.3, -0.25) is 14.7 Å². The Hall–Kier alpha value is -3.48. The van der Waals surface area contributed by atoms with Crippen LogP contribution < -0.4 is 0 Å². The van der Waals surface area contributed by atoms with Crippen LogP contribution in [-0.2, 0) is 16.6 Å². The zero-order valence-corrected chi connectivity index (χ0v) is 18.9. The summed E-state index contributed by atoms with van der Waals surface area (Å²) in [6, 6.07) is 19.7. The molecule has 33 heavy (non-hydrogen) atoms. The quantitative estimate of drug-likeness (QED) is 0.635. The first-order valence-electron chi connectivity index (χ1n) is 11.6. The molecule has 5 rings (SSSR count). The van der Waals surface area contributed by atoms with Gasteiger partial charge in [0.05, 0.1) is 5.41 Å². The second-order valence-corrected chi connectivity index (χ2v) is 9.26. The number of carbonyl (C=O) groups is 2. The minimum Gasteiger partial charge on any atom is -0.341 e. The van der Waals surface area contributed by atoms with Gasteiger partial charge in [-0.05, 0) is 37.5 Å². The van der Waals surface area contributed by atoms with Crippen LogP contribution in [0.3, 0.4) is 0 Å². The van der Waals surface area contributed by atoms with E-state index in [2.05, 4.69) is 27.3 Å². The van der Waals surface area contributed by atoms with Crippen molar-refractivity contribution in [2.45, 2.75) is 31.6 Å². The van der Waals surface area contributed by atoms with E-state index in [1.807, 2.05) is 65.3 Å². The van der Waals surface area contributed by atoms with Crippen molar-refractivity contribution in [3.8, 4) is 0 Å². The number of rotatable bonds is 6. The number of carbonyl (C=O) groups excluding carboxylic acids is 2. The number of likely N-dealkylation sites (tertiary alicyclic amines) is 2. The van der Waals surface area contributed by atoms with Gasteiger partial charge in [0.2, 0.25) is 5.91 Å². The molecule has 0 radical (unpaired) electrons. The number of hydrogen-bond donors (Lipinski definition) is 1. The number of aromatic nitrogens is 3. The molecule has 0 spiro atoms. The van der Waals surface area contributed by atoms with Gasteiger partial charge >= 0.3 is 0 Å². The third-order valence-corrected chi connectivity index (χ3v) is 7.01. The molecule has 2 aromatic carbocycles. The standard InChI is InChI=1S/C26H29N5O2/c1-19-27-25(29-28-19)26-17-30(23(32)14-8-11-20-9-4-2-5-10-20)15-22(26)16-31(18-26)24(33)21-12-6-3-7-13-21/h2-7,9-10,12-13,22H,8,11,14-18H2,1H3,(H,27,28,29)/t22-,26-/m1/s1. The Balaban J connectivity index is 1.30. The predicted octanol–water partition coefficient (Wildman–Crippen LogP) is 2.99. The van der Waals surface area contributed by atoms with Crippen LogP contribution in [0.1, 0.15) is 40.4 Å². The van der Waals surface area contributed by atoms with Gasteiger partial charge in [0.25, 0.3) is 5.91 Å². The highest BCUT2D eigenvalue weighted by molar-refractivity contribution is 5.94. The third-order valence-electron chi connectivity index (χ3n) is 7.01. The van der Waals surface area contributed by atoms with Crippen molar-refractivity contribution in [3.63, 3.8) is 0 Å². The van der Waals surface area contributed by atoms with E-state index in [4.69, 9.17) is 0 Å². The van der Waals surface area contributed by atoms with Crippen LogP contribution in [0, 0.1) is 12.8 Å². The first-order chi connectivity index (χ1) is 16.0. The number of aryl methyl sites for hydroxylation is 2. The second-order valence-electron chi connectivity index (χ2n) is 9.26. The summed E-state index contributed by atoms with van der Waals surface area (Å²) in [5.74, 6) is 1.79. The first kappa shape index (κ1) is 21.4. The SMILES string of the molecule is Cc1nc([C@@]23CN(C(=O)CCCc4ccccc4)C[C@@H]2CN(C(=O)c2ccccc2)C3)n[nH]1. The van der Waals surface area contributed by atoms with Gasteiger partial charge in [0.1, 0.15) is 5.82 Å². The van der Waals surface area contributed by atoms with E-state index in [1.54, 1.807) is 0 Å². The molecule has 0 bridgehead atoms. The number of H-pyrrole nitrogens is 1. The van der Waals surface area contributed by atoms with Crippen LogP contribution >= 0.6 is 0 Å². The molecule has 170 valence electrons. The van der Waals surface area contributed by atoms with Gasteiger partial charge in [0.15, 0.2) is 5.82 Å². The Morgan fingerprint density at radius 1 is 1.00 bits per heavy atom. The largest absolute Gasteiger partial charge is 0.341 e. The molecule has 2 aliphatic rings. The van der Waals surface area contributed by atoms with Crippen LogP contribution in [0.5, 0.6) is 0 Å². The fourth-order valence-corrected chi connectivity index (χ4v) is 5.30. The highest BCUT2D eigenvalue weighted by Crippen LogP contribution is 2.44. The van der Waals surface area contributed by atoms with Crippen LogP contribution in [0.2, 0.25) is 0 Å². The van der Waals surface area contributed by atoms with Crippen molar-refractivity contribution in [2.24, 2.45) is 5.92 Å². The van der Waals surface area contributed by atoms with E-state index in [-0.39, 0.29) is 17.7 Å². The highest BCUT2D eigenvalue weighted by atomic mass is 16.2. The summed E-state index contributed by atoms with van der Waals surface area (Å²) in [5, 5.41) is 7.44. The lowest BCUT2D eigenvalue weighted by Gasteiger charge is -2.27. The van der Waals surface area contributed by atoms with E-state index >= 15 is 0 Å². The molecule has 3 aromatic rings. The lowest BCUT2D eigenvalue weighted by atomic mass is 9.80. The average Bonchev–Trinajstić information content (AvgIpc) is 3.52. The van der Waals surface area contributed by atoms with Crippen molar-refractivity contribution in [1.82, 2.24) is 25.0 Å². The summed E-state index contributed by atoms with van der Waals surface area (Å²) < 4.78 is 0. The molecule has 1 N–H and O–H groups in total. The number of nitrogens with zero attached hydrogens (tertiary/aromatic N) is 4. The summed E-state index contributed by atoms with van der Waals surface area (Å²) in [4.78, 5) is 34.7. The van der Waals surface area contributed by atoms with Crippen molar-refractivity contribution in [2.75, 3.05) is 26.2 Å². The summed E-state index contributed by atoms with van der Waals surface area (Å²) in [6.45, 7) is 4.20. The monoisotopic (exact) mass is 443 g/mol. The lowest BCUT2D eigenvalue weighted by Crippen LogP contribution is -2.41. The van der Waals surface area contributed by atoms with Crippen LogP contribution in [0.15, 0.2) is 60.7 Å². The molecule has 2 aliphatic heterocycles. The molecular formula is C26H29N5O2. The van der Waals surface area contributed by atoms with E-state index in [0.29, 0.717) is 44.0 Å². The summed E-state index contributed by atoms with van der Waals surface area (Å²) in [6.07, 6.45) is 2.25. The average molecular weight is 444 g/mol. The zero-order chi connectivity index (χ0) is 22.8. The van der Waals surface area contributed by atoms with E-state index in [0.717, 1.165) is 18.7 Å². The molecule has 2 amide bonds. The van der Waals surface area contributed by atoms with Gasteiger partial charge in [-0.2, -0.15) is 5.10 Å². The maximum absolute atomic E-state index is 13.1. The normalized spacial score (nSPS) is 21.9. The van der Waals surface area contributed by atoms with Crippen molar-refractivity contribution >= 4 is 11.8 Å². The van der Waals surface area contributed by atoms with Crippen LogP contribution in [0.25, 0.3) is 0 Å². The number of aromatic amines is 1. The van der Waals surface area contributed by atoms with Gasteiger partial charge in [-0.25, -0.2) is 4.98 Å². The summed E-state index contributed by atoms with van der Waals surface area (Å²) >= 11 is 0. The molecular weight excluding hydrogens is 414 g/mol. The van der Waals surface area contributed by atoms with E-state index in [9.17, 15) is 9.59 Å². The molecule has 2 atom stereocenters. The van der Waals surface area contributed by atoms with Gasteiger partial charge in [0, 0.05) is 44.1 Å². The molecule has 2 fully saturated rings. The molecule has 2 saturated heterocycles. The van der Waals surface area contributed by atoms with Gasteiger partial charge in [-0.1, -0.05) is 48.5 Å². The molecule has 3 heterocycles. The fraction of sp³-hybridized carbons (Fsp3) is 0.385. The third kappa shape index (κ3) is 4.15. The Bertz CT molecular complexity index is 1130. The lowest BCUT2D eigenvalue weighted by molar-refractivity contribution is -0.130. The van der Waals surface area contributed by atoms with E-state index < -0.39 is 5.41 Å². The number of hydrogen-bond acceptors (Lipinski definition) is 4. The van der Waals surface area contributed by atoms with Crippen molar-refractivity contribution < 1.29 is 9.59 Å². The Labute approximate surface area is 193 Å². The number of fused-ring (bicyclic) bond motifs is 1.